The largest absolute Gasteiger partial charge is 0.475 e. The van der Waals surface area contributed by atoms with Crippen LogP contribution in [0.1, 0.15) is 13.8 Å². The summed E-state index contributed by atoms with van der Waals surface area (Å²) >= 11 is 0. The Bertz CT molecular complexity index is 149. The standard InChI is InChI=1S/C4H10O.C3H2O3/c1-3-5-4-2;4-3(5)2-1-6-2/h3-4H2,1-2H3;1H,(H,4,5). The van der Waals surface area contributed by atoms with Gasteiger partial charge in [-0.3, -0.25) is 0 Å². The molecule has 0 atom stereocenters. The first kappa shape index (κ1) is 9.97. The molecule has 4 heteroatoms. The molecule has 1 aliphatic rings. The molecule has 1 N–H and O–H groups in total. The van der Waals surface area contributed by atoms with Gasteiger partial charge in [0, 0.05) is 13.2 Å². The van der Waals surface area contributed by atoms with Gasteiger partial charge in [-0.15, -0.1) is 0 Å². The lowest BCUT2D eigenvalue weighted by molar-refractivity contribution is -0.133. The van der Waals surface area contributed by atoms with E-state index in [-0.39, 0.29) is 5.76 Å². The fourth-order valence-corrected chi connectivity index (χ4v) is 0.334. The summed E-state index contributed by atoms with van der Waals surface area (Å²) in [6, 6.07) is 0. The van der Waals surface area contributed by atoms with Crippen LogP contribution < -0.4 is 0 Å². The van der Waals surface area contributed by atoms with E-state index in [1.54, 1.807) is 0 Å². The van der Waals surface area contributed by atoms with Crippen LogP contribution in [0, 0.1) is 0 Å². The zero-order valence-corrected chi connectivity index (χ0v) is 6.66. The van der Waals surface area contributed by atoms with Crippen molar-refractivity contribution in [3.63, 3.8) is 0 Å². The molecule has 0 radical (unpaired) electrons. The number of carboxylic acid groups (broad SMARTS) is 1. The number of hydrogen-bond donors (Lipinski definition) is 1. The fraction of sp³-hybridized carbons (Fsp3) is 0.571. The van der Waals surface area contributed by atoms with Gasteiger partial charge in [-0.2, -0.15) is 0 Å². The highest BCUT2D eigenvalue weighted by Gasteiger charge is 2.17. The lowest BCUT2D eigenvalue weighted by Crippen LogP contribution is -1.88. The molecule has 0 amide bonds. The lowest BCUT2D eigenvalue weighted by Gasteiger charge is -1.86. The average molecular weight is 160 g/mol. The zero-order valence-electron chi connectivity index (χ0n) is 6.66. The third-order valence-electron chi connectivity index (χ3n) is 0.855. The van der Waals surface area contributed by atoms with Crippen molar-refractivity contribution in [1.82, 2.24) is 0 Å². The smallest absolute Gasteiger partial charge is 0.375 e. The zero-order chi connectivity index (χ0) is 8.69. The molecule has 0 unspecified atom stereocenters. The van der Waals surface area contributed by atoms with Crippen molar-refractivity contribution in [2.45, 2.75) is 13.8 Å². The van der Waals surface area contributed by atoms with Gasteiger partial charge < -0.3 is 14.6 Å². The number of aliphatic carboxylic acids is 1. The molecular weight excluding hydrogens is 148 g/mol. The Labute approximate surface area is 65.4 Å². The molecule has 0 aromatic rings. The molecule has 1 aliphatic heterocycles. The maximum absolute atomic E-state index is 9.57. The van der Waals surface area contributed by atoms with E-state index in [1.807, 2.05) is 13.8 Å². The van der Waals surface area contributed by atoms with Gasteiger partial charge in [0.2, 0.25) is 5.76 Å². The molecular formula is C7H12O4. The molecule has 0 fully saturated rings. The fourth-order valence-electron chi connectivity index (χ4n) is 0.334. The quantitative estimate of drug-likeness (QED) is 0.668. The third-order valence-corrected chi connectivity index (χ3v) is 0.855. The predicted octanol–water partition coefficient (Wildman–Crippen LogP) is 0.985. The van der Waals surface area contributed by atoms with Gasteiger partial charge in [0.05, 0.1) is 0 Å². The van der Waals surface area contributed by atoms with E-state index in [0.29, 0.717) is 0 Å². The van der Waals surface area contributed by atoms with Gasteiger partial charge >= 0.3 is 5.97 Å². The normalized spacial score (nSPS) is 12.0. The summed E-state index contributed by atoms with van der Waals surface area (Å²) in [5.74, 6) is -0.940. The van der Waals surface area contributed by atoms with Gasteiger partial charge in [-0.05, 0) is 13.8 Å². The van der Waals surface area contributed by atoms with E-state index in [2.05, 4.69) is 4.74 Å². The molecule has 0 aliphatic carbocycles. The van der Waals surface area contributed by atoms with Gasteiger partial charge in [-0.1, -0.05) is 0 Å². The summed E-state index contributed by atoms with van der Waals surface area (Å²) in [4.78, 5) is 9.57. The Kier molecular flexibility index (Phi) is 5.20. The third kappa shape index (κ3) is 6.86. The SMILES string of the molecule is CCOCC.O=C(O)C1=CO1. The van der Waals surface area contributed by atoms with Crippen molar-refractivity contribution in [3.05, 3.63) is 12.0 Å². The highest BCUT2D eigenvalue weighted by Crippen LogP contribution is 2.11. The maximum Gasteiger partial charge on any atom is 0.375 e. The summed E-state index contributed by atoms with van der Waals surface area (Å²) in [6.45, 7) is 5.67. The maximum atomic E-state index is 9.57. The highest BCUT2D eigenvalue weighted by atomic mass is 16.6. The minimum atomic E-state index is -0.991. The van der Waals surface area contributed by atoms with Crippen molar-refractivity contribution < 1.29 is 19.4 Å². The minimum Gasteiger partial charge on any atom is -0.475 e. The Balaban J connectivity index is 0.000000187. The van der Waals surface area contributed by atoms with E-state index in [9.17, 15) is 4.79 Å². The van der Waals surface area contributed by atoms with Gasteiger partial charge in [0.1, 0.15) is 6.26 Å². The van der Waals surface area contributed by atoms with Crippen LogP contribution in [0.3, 0.4) is 0 Å². The average Bonchev–Trinajstić information content (AvgIpc) is 2.71. The second-order valence-electron chi connectivity index (χ2n) is 1.69. The van der Waals surface area contributed by atoms with E-state index in [4.69, 9.17) is 9.84 Å². The van der Waals surface area contributed by atoms with Crippen LogP contribution in [0.4, 0.5) is 0 Å². The molecule has 0 bridgehead atoms. The number of carbonyl (C=O) groups is 1. The lowest BCUT2D eigenvalue weighted by atomic mass is 10.7. The molecule has 0 aromatic carbocycles. The second-order valence-corrected chi connectivity index (χ2v) is 1.69. The van der Waals surface area contributed by atoms with Crippen molar-refractivity contribution in [1.29, 1.82) is 0 Å². The van der Waals surface area contributed by atoms with Crippen LogP contribution in [0.15, 0.2) is 12.0 Å². The van der Waals surface area contributed by atoms with Crippen molar-refractivity contribution >= 4 is 5.97 Å². The number of carboxylic acids is 1. The summed E-state index contributed by atoms with van der Waals surface area (Å²) in [5.41, 5.74) is 0. The van der Waals surface area contributed by atoms with Crippen molar-refractivity contribution in [2.24, 2.45) is 0 Å². The van der Waals surface area contributed by atoms with E-state index >= 15 is 0 Å². The first-order valence-electron chi connectivity index (χ1n) is 3.40. The Morgan fingerprint density at radius 3 is 2.09 bits per heavy atom. The van der Waals surface area contributed by atoms with E-state index in [1.165, 1.54) is 6.26 Å². The van der Waals surface area contributed by atoms with Crippen LogP contribution in [0.5, 0.6) is 0 Å². The summed E-state index contributed by atoms with van der Waals surface area (Å²) in [6.07, 6.45) is 1.18. The van der Waals surface area contributed by atoms with Crippen LogP contribution in [-0.4, -0.2) is 24.3 Å². The Hall–Kier alpha value is -1.03. The molecule has 1 rings (SSSR count). The van der Waals surface area contributed by atoms with Gasteiger partial charge in [0.25, 0.3) is 0 Å². The van der Waals surface area contributed by atoms with Gasteiger partial charge in [0.15, 0.2) is 0 Å². The van der Waals surface area contributed by atoms with Crippen molar-refractivity contribution in [2.75, 3.05) is 13.2 Å². The molecule has 11 heavy (non-hydrogen) atoms. The van der Waals surface area contributed by atoms with Crippen LogP contribution in [0.25, 0.3) is 0 Å². The number of ether oxygens (including phenoxy) is 2. The predicted molar refractivity (Wildman–Crippen MR) is 39.0 cm³/mol. The summed E-state index contributed by atoms with van der Waals surface area (Å²) < 4.78 is 9.00. The van der Waals surface area contributed by atoms with Crippen molar-refractivity contribution in [3.8, 4) is 0 Å². The molecule has 0 aromatic heterocycles. The molecule has 0 spiro atoms. The molecule has 0 saturated carbocycles. The first-order valence-corrected chi connectivity index (χ1v) is 3.40. The topological polar surface area (TPSA) is 59.1 Å². The highest BCUT2D eigenvalue weighted by molar-refractivity contribution is 5.86. The van der Waals surface area contributed by atoms with E-state index in [0.717, 1.165) is 13.2 Å². The molecule has 4 nitrogen and oxygen atoms in total. The first-order chi connectivity index (χ1) is 5.22. The Morgan fingerprint density at radius 2 is 2.09 bits per heavy atom. The van der Waals surface area contributed by atoms with Crippen LogP contribution in [-0.2, 0) is 14.3 Å². The van der Waals surface area contributed by atoms with E-state index < -0.39 is 5.97 Å². The number of hydrogen-bond acceptors (Lipinski definition) is 3. The molecule has 64 valence electrons. The monoisotopic (exact) mass is 160 g/mol. The number of rotatable bonds is 3. The minimum absolute atomic E-state index is 0.0509. The molecule has 1 heterocycles. The van der Waals surface area contributed by atoms with Gasteiger partial charge in [-0.25, -0.2) is 4.79 Å². The summed E-state index contributed by atoms with van der Waals surface area (Å²) in [5, 5.41) is 7.86. The molecule has 0 saturated heterocycles. The Morgan fingerprint density at radius 1 is 1.64 bits per heavy atom. The van der Waals surface area contributed by atoms with Crippen LogP contribution >= 0.6 is 0 Å². The summed E-state index contributed by atoms with van der Waals surface area (Å²) in [7, 11) is 0. The second kappa shape index (κ2) is 5.73. The van der Waals surface area contributed by atoms with Crippen LogP contribution in [0.2, 0.25) is 0 Å².